The molecule has 0 N–H and O–H groups in total. The molecule has 19 heavy (non-hydrogen) atoms. The van der Waals surface area contributed by atoms with Crippen molar-refractivity contribution in [3.63, 3.8) is 0 Å². The number of benzene rings is 1. The molecule has 1 amide bonds. The molecular formula is C16H20ClNO. The van der Waals surface area contributed by atoms with E-state index >= 15 is 0 Å². The van der Waals surface area contributed by atoms with E-state index in [1.807, 2.05) is 18.2 Å². The van der Waals surface area contributed by atoms with Gasteiger partial charge in [0.1, 0.15) is 0 Å². The maximum absolute atomic E-state index is 12.6. The zero-order chi connectivity index (χ0) is 13.6. The summed E-state index contributed by atoms with van der Waals surface area (Å²) in [6.45, 7) is 4.23. The van der Waals surface area contributed by atoms with Crippen LogP contribution in [0.4, 0.5) is 0 Å². The van der Waals surface area contributed by atoms with Crippen LogP contribution in [0.3, 0.4) is 0 Å². The van der Waals surface area contributed by atoms with E-state index < -0.39 is 0 Å². The first-order valence-electron chi connectivity index (χ1n) is 7.16. The van der Waals surface area contributed by atoms with E-state index in [2.05, 4.69) is 24.8 Å². The summed E-state index contributed by atoms with van der Waals surface area (Å²) in [6.07, 6.45) is 3.30. The monoisotopic (exact) mass is 277 g/mol. The van der Waals surface area contributed by atoms with E-state index in [1.54, 1.807) is 0 Å². The first kappa shape index (κ1) is 13.0. The second-order valence-corrected chi connectivity index (χ2v) is 6.45. The largest absolute Gasteiger partial charge is 0.337 e. The van der Waals surface area contributed by atoms with Crippen LogP contribution in [0.2, 0.25) is 5.02 Å². The second-order valence-electron chi connectivity index (χ2n) is 6.04. The second kappa shape index (κ2) is 4.82. The van der Waals surface area contributed by atoms with E-state index in [9.17, 15) is 4.79 Å². The normalized spacial score (nSPS) is 25.5. The number of halogens is 1. The van der Waals surface area contributed by atoms with Gasteiger partial charge in [-0.1, -0.05) is 29.8 Å². The Morgan fingerprint density at radius 3 is 2.58 bits per heavy atom. The van der Waals surface area contributed by atoms with Gasteiger partial charge in [0.25, 0.3) is 0 Å². The molecule has 0 bridgehead atoms. The molecule has 2 aliphatic rings. The average molecular weight is 278 g/mol. The van der Waals surface area contributed by atoms with Crippen LogP contribution in [0.1, 0.15) is 44.6 Å². The van der Waals surface area contributed by atoms with Gasteiger partial charge in [-0.25, -0.2) is 0 Å². The minimum atomic E-state index is 0.155. The lowest BCUT2D eigenvalue weighted by Crippen LogP contribution is -2.40. The van der Waals surface area contributed by atoms with Crippen molar-refractivity contribution in [2.75, 3.05) is 0 Å². The van der Waals surface area contributed by atoms with Crippen molar-refractivity contribution in [2.45, 2.75) is 51.1 Å². The SMILES string of the molecule is CC(C)N(C(=O)C1CC1c1ccccc1Cl)C1CC1. The van der Waals surface area contributed by atoms with Crippen molar-refractivity contribution >= 4 is 17.5 Å². The third-order valence-electron chi connectivity index (χ3n) is 4.16. The molecule has 2 nitrogen and oxygen atoms in total. The van der Waals surface area contributed by atoms with Gasteiger partial charge in [-0.3, -0.25) is 4.79 Å². The zero-order valence-corrected chi connectivity index (χ0v) is 12.2. The highest BCUT2D eigenvalue weighted by atomic mass is 35.5. The molecular weight excluding hydrogens is 258 g/mol. The topological polar surface area (TPSA) is 20.3 Å². The van der Waals surface area contributed by atoms with Crippen molar-refractivity contribution in [1.29, 1.82) is 0 Å². The van der Waals surface area contributed by atoms with E-state index in [-0.39, 0.29) is 5.92 Å². The van der Waals surface area contributed by atoms with Crippen molar-refractivity contribution in [3.05, 3.63) is 34.9 Å². The maximum atomic E-state index is 12.6. The summed E-state index contributed by atoms with van der Waals surface area (Å²) in [7, 11) is 0. The van der Waals surface area contributed by atoms with E-state index in [1.165, 1.54) is 12.8 Å². The summed E-state index contributed by atoms with van der Waals surface area (Å²) in [6, 6.07) is 8.72. The van der Waals surface area contributed by atoms with Crippen LogP contribution in [0, 0.1) is 5.92 Å². The van der Waals surface area contributed by atoms with Crippen LogP contribution in [0.25, 0.3) is 0 Å². The molecule has 0 heterocycles. The lowest BCUT2D eigenvalue weighted by Gasteiger charge is -2.27. The maximum Gasteiger partial charge on any atom is 0.226 e. The third kappa shape index (κ3) is 2.51. The predicted octanol–water partition coefficient (Wildman–Crippen LogP) is 3.84. The fourth-order valence-corrected chi connectivity index (χ4v) is 3.26. The number of nitrogens with zero attached hydrogens (tertiary/aromatic N) is 1. The van der Waals surface area contributed by atoms with E-state index in [4.69, 9.17) is 11.6 Å². The zero-order valence-electron chi connectivity index (χ0n) is 11.5. The smallest absolute Gasteiger partial charge is 0.226 e. The molecule has 3 heteroatoms. The summed E-state index contributed by atoms with van der Waals surface area (Å²) < 4.78 is 0. The summed E-state index contributed by atoms with van der Waals surface area (Å²) in [5, 5.41) is 0.797. The van der Waals surface area contributed by atoms with Crippen LogP contribution in [0.5, 0.6) is 0 Å². The van der Waals surface area contributed by atoms with Gasteiger partial charge in [0.15, 0.2) is 0 Å². The number of amides is 1. The summed E-state index contributed by atoms with van der Waals surface area (Å²) >= 11 is 6.22. The van der Waals surface area contributed by atoms with Crippen molar-refractivity contribution in [3.8, 4) is 0 Å². The molecule has 0 saturated heterocycles. The highest BCUT2D eigenvalue weighted by Gasteiger charge is 2.49. The molecule has 2 fully saturated rings. The van der Waals surface area contributed by atoms with E-state index in [0.717, 1.165) is 17.0 Å². The van der Waals surface area contributed by atoms with Crippen LogP contribution in [0.15, 0.2) is 24.3 Å². The van der Waals surface area contributed by atoms with Crippen molar-refractivity contribution in [2.24, 2.45) is 5.92 Å². The molecule has 0 spiro atoms. The number of hydrogen-bond donors (Lipinski definition) is 0. The molecule has 0 aliphatic heterocycles. The summed E-state index contributed by atoms with van der Waals surface area (Å²) in [4.78, 5) is 14.7. The first-order chi connectivity index (χ1) is 9.09. The van der Waals surface area contributed by atoms with Gasteiger partial charge in [-0.05, 0) is 50.7 Å². The van der Waals surface area contributed by atoms with Gasteiger partial charge in [0.05, 0.1) is 0 Å². The third-order valence-corrected chi connectivity index (χ3v) is 4.51. The van der Waals surface area contributed by atoms with E-state index in [0.29, 0.717) is 23.9 Å². The fraction of sp³-hybridized carbons (Fsp3) is 0.562. The van der Waals surface area contributed by atoms with Crippen LogP contribution < -0.4 is 0 Å². The Morgan fingerprint density at radius 1 is 1.32 bits per heavy atom. The lowest BCUT2D eigenvalue weighted by atomic mass is 10.1. The number of carbonyl (C=O) groups excluding carboxylic acids is 1. The Bertz CT molecular complexity index is 493. The summed E-state index contributed by atoms with van der Waals surface area (Å²) in [5.74, 6) is 0.825. The Balaban J connectivity index is 1.72. The number of hydrogen-bond acceptors (Lipinski definition) is 1. The van der Waals surface area contributed by atoms with Gasteiger partial charge in [0, 0.05) is 23.0 Å². The molecule has 2 aliphatic carbocycles. The molecule has 1 aromatic carbocycles. The number of carbonyl (C=O) groups is 1. The quantitative estimate of drug-likeness (QED) is 0.819. The number of rotatable bonds is 4. The summed E-state index contributed by atoms with van der Waals surface area (Å²) in [5.41, 5.74) is 1.14. The molecule has 2 atom stereocenters. The Kier molecular flexibility index (Phi) is 3.30. The van der Waals surface area contributed by atoms with Crippen LogP contribution >= 0.6 is 11.6 Å². The standard InChI is InChI=1S/C16H20ClNO/c1-10(2)18(11-7-8-11)16(19)14-9-13(14)12-5-3-4-6-15(12)17/h3-6,10-11,13-14H,7-9H2,1-2H3. The van der Waals surface area contributed by atoms with Crippen LogP contribution in [-0.2, 0) is 4.79 Å². The van der Waals surface area contributed by atoms with Gasteiger partial charge in [-0.15, -0.1) is 0 Å². The highest BCUT2D eigenvalue weighted by Crippen LogP contribution is 2.51. The lowest BCUT2D eigenvalue weighted by molar-refractivity contribution is -0.135. The Hall–Kier alpha value is -1.02. The Labute approximate surface area is 119 Å². The van der Waals surface area contributed by atoms with Gasteiger partial charge >= 0.3 is 0 Å². The first-order valence-corrected chi connectivity index (χ1v) is 7.54. The van der Waals surface area contributed by atoms with Gasteiger partial charge in [-0.2, -0.15) is 0 Å². The van der Waals surface area contributed by atoms with Gasteiger partial charge < -0.3 is 4.90 Å². The van der Waals surface area contributed by atoms with Crippen molar-refractivity contribution in [1.82, 2.24) is 4.90 Å². The van der Waals surface area contributed by atoms with Crippen LogP contribution in [-0.4, -0.2) is 22.9 Å². The van der Waals surface area contributed by atoms with Gasteiger partial charge in [0.2, 0.25) is 5.91 Å². The molecule has 1 aromatic rings. The predicted molar refractivity (Wildman–Crippen MR) is 77.3 cm³/mol. The fourth-order valence-electron chi connectivity index (χ4n) is 2.99. The molecule has 0 aromatic heterocycles. The molecule has 102 valence electrons. The molecule has 0 radical (unpaired) electrons. The minimum absolute atomic E-state index is 0.155. The average Bonchev–Trinajstić information content (AvgIpc) is 3.23. The Morgan fingerprint density at radius 2 is 2.00 bits per heavy atom. The van der Waals surface area contributed by atoms with Crippen molar-refractivity contribution < 1.29 is 4.79 Å². The minimum Gasteiger partial charge on any atom is -0.337 e. The highest BCUT2D eigenvalue weighted by molar-refractivity contribution is 6.31. The molecule has 2 unspecified atom stereocenters. The molecule has 2 saturated carbocycles. The molecule has 3 rings (SSSR count).